The summed E-state index contributed by atoms with van der Waals surface area (Å²) in [4.78, 5) is 11.4. The van der Waals surface area contributed by atoms with Crippen LogP contribution in [0.25, 0.3) is 0 Å². The van der Waals surface area contributed by atoms with Crippen LogP contribution in [0.15, 0.2) is 30.3 Å². The summed E-state index contributed by atoms with van der Waals surface area (Å²) >= 11 is 5.57. The number of hydrogen-bond acceptors (Lipinski definition) is 2. The van der Waals surface area contributed by atoms with Crippen molar-refractivity contribution in [3.05, 3.63) is 35.9 Å². The highest BCUT2D eigenvalue weighted by Crippen LogP contribution is 2.00. The van der Waals surface area contributed by atoms with E-state index < -0.39 is 0 Å². The van der Waals surface area contributed by atoms with Crippen molar-refractivity contribution in [2.24, 2.45) is 5.92 Å². The molecular formula is C13H18ClNO2. The molecule has 0 saturated heterocycles. The molecule has 0 bridgehead atoms. The molecule has 0 saturated carbocycles. The van der Waals surface area contributed by atoms with Gasteiger partial charge in [0.15, 0.2) is 0 Å². The average Bonchev–Trinajstić information content (AvgIpc) is 2.38. The van der Waals surface area contributed by atoms with Gasteiger partial charge >= 0.3 is 0 Å². The maximum absolute atomic E-state index is 11.4. The maximum atomic E-state index is 11.4. The van der Waals surface area contributed by atoms with Gasteiger partial charge in [-0.3, -0.25) is 4.79 Å². The van der Waals surface area contributed by atoms with Gasteiger partial charge in [-0.1, -0.05) is 37.3 Å². The van der Waals surface area contributed by atoms with Crippen LogP contribution in [0.5, 0.6) is 0 Å². The summed E-state index contributed by atoms with van der Waals surface area (Å²) in [5.74, 6) is 0.172. The third kappa shape index (κ3) is 5.71. The first-order valence-electron chi connectivity index (χ1n) is 5.69. The Morgan fingerprint density at radius 3 is 2.76 bits per heavy atom. The summed E-state index contributed by atoms with van der Waals surface area (Å²) in [6, 6.07) is 9.94. The maximum Gasteiger partial charge on any atom is 0.224 e. The molecule has 1 N–H and O–H groups in total. The molecule has 3 nitrogen and oxygen atoms in total. The minimum absolute atomic E-state index is 0.0247. The molecule has 17 heavy (non-hydrogen) atoms. The lowest BCUT2D eigenvalue weighted by Crippen LogP contribution is -2.32. The number of alkyl halides is 1. The third-order valence-corrected chi connectivity index (χ3v) is 2.80. The number of benzene rings is 1. The predicted molar refractivity (Wildman–Crippen MR) is 69.0 cm³/mol. The van der Waals surface area contributed by atoms with E-state index in [1.165, 1.54) is 0 Å². The van der Waals surface area contributed by atoms with E-state index in [9.17, 15) is 4.79 Å². The van der Waals surface area contributed by atoms with Crippen molar-refractivity contribution in [3.63, 3.8) is 0 Å². The van der Waals surface area contributed by atoms with Crippen LogP contribution in [0, 0.1) is 5.92 Å². The van der Waals surface area contributed by atoms with Gasteiger partial charge in [-0.25, -0.2) is 0 Å². The number of hydrogen-bond donors (Lipinski definition) is 1. The van der Waals surface area contributed by atoms with Crippen LogP contribution in [-0.4, -0.2) is 24.9 Å². The van der Waals surface area contributed by atoms with Gasteiger partial charge in [0.2, 0.25) is 5.91 Å². The Labute approximate surface area is 107 Å². The SMILES string of the molecule is CC(CCl)C(=O)NCCOCc1ccccc1. The van der Waals surface area contributed by atoms with Crippen molar-refractivity contribution in [1.82, 2.24) is 5.32 Å². The molecular weight excluding hydrogens is 238 g/mol. The lowest BCUT2D eigenvalue weighted by molar-refractivity contribution is -0.124. The Morgan fingerprint density at radius 1 is 1.41 bits per heavy atom. The van der Waals surface area contributed by atoms with Gasteiger partial charge in [0, 0.05) is 18.3 Å². The lowest BCUT2D eigenvalue weighted by Gasteiger charge is -2.09. The second-order valence-corrected chi connectivity index (χ2v) is 4.19. The average molecular weight is 256 g/mol. The second-order valence-electron chi connectivity index (χ2n) is 3.88. The Bertz CT molecular complexity index is 329. The first-order chi connectivity index (χ1) is 8.24. The van der Waals surface area contributed by atoms with Crippen LogP contribution in [0.4, 0.5) is 0 Å². The first kappa shape index (κ1) is 14.0. The van der Waals surface area contributed by atoms with Crippen molar-refractivity contribution in [2.75, 3.05) is 19.0 Å². The van der Waals surface area contributed by atoms with E-state index in [1.807, 2.05) is 30.3 Å². The monoisotopic (exact) mass is 255 g/mol. The predicted octanol–water partition coefficient (Wildman–Crippen LogP) is 2.19. The molecule has 0 aliphatic heterocycles. The van der Waals surface area contributed by atoms with E-state index in [1.54, 1.807) is 6.92 Å². The molecule has 0 radical (unpaired) electrons. The summed E-state index contributed by atoms with van der Waals surface area (Å²) in [5.41, 5.74) is 1.13. The van der Waals surface area contributed by atoms with E-state index >= 15 is 0 Å². The van der Waals surface area contributed by atoms with Crippen molar-refractivity contribution in [1.29, 1.82) is 0 Å². The van der Waals surface area contributed by atoms with Gasteiger partial charge in [-0.05, 0) is 5.56 Å². The Balaban J connectivity index is 2.07. The van der Waals surface area contributed by atoms with Crippen LogP contribution in [0.1, 0.15) is 12.5 Å². The van der Waals surface area contributed by atoms with E-state index in [0.717, 1.165) is 5.56 Å². The number of carbonyl (C=O) groups excluding carboxylic acids is 1. The summed E-state index contributed by atoms with van der Waals surface area (Å²) < 4.78 is 5.44. The Kier molecular flexibility index (Phi) is 6.67. The highest BCUT2D eigenvalue weighted by Gasteiger charge is 2.09. The van der Waals surface area contributed by atoms with Crippen molar-refractivity contribution < 1.29 is 9.53 Å². The summed E-state index contributed by atoms with van der Waals surface area (Å²) in [6.07, 6.45) is 0. The number of carbonyl (C=O) groups is 1. The number of halogens is 1. The Hall–Kier alpha value is -1.06. The van der Waals surface area contributed by atoms with Gasteiger partial charge < -0.3 is 10.1 Å². The highest BCUT2D eigenvalue weighted by molar-refractivity contribution is 6.19. The molecule has 0 heterocycles. The van der Waals surface area contributed by atoms with Gasteiger partial charge in [0.1, 0.15) is 0 Å². The second kappa shape index (κ2) is 8.09. The third-order valence-electron chi connectivity index (χ3n) is 2.34. The standard InChI is InChI=1S/C13H18ClNO2/c1-11(9-14)13(16)15-7-8-17-10-12-5-3-2-4-6-12/h2-6,11H,7-10H2,1H3,(H,15,16). The fraction of sp³-hybridized carbons (Fsp3) is 0.462. The summed E-state index contributed by atoms with van der Waals surface area (Å²) in [7, 11) is 0. The molecule has 0 spiro atoms. The molecule has 4 heteroatoms. The molecule has 94 valence electrons. The molecule has 1 amide bonds. The molecule has 1 aromatic carbocycles. The minimum atomic E-state index is -0.147. The van der Waals surface area contributed by atoms with Crippen LogP contribution in [0.3, 0.4) is 0 Å². The van der Waals surface area contributed by atoms with Gasteiger partial charge in [0.25, 0.3) is 0 Å². The fourth-order valence-corrected chi connectivity index (χ4v) is 1.40. The number of ether oxygens (including phenoxy) is 1. The number of nitrogens with one attached hydrogen (secondary N) is 1. The fourth-order valence-electron chi connectivity index (χ4n) is 1.25. The van der Waals surface area contributed by atoms with E-state index in [-0.39, 0.29) is 11.8 Å². The van der Waals surface area contributed by atoms with Crippen LogP contribution < -0.4 is 5.32 Å². The quantitative estimate of drug-likeness (QED) is 0.599. The van der Waals surface area contributed by atoms with Crippen LogP contribution in [0.2, 0.25) is 0 Å². The van der Waals surface area contributed by atoms with Crippen molar-refractivity contribution in [2.45, 2.75) is 13.5 Å². The van der Waals surface area contributed by atoms with Crippen LogP contribution in [-0.2, 0) is 16.1 Å². The molecule has 1 rings (SSSR count). The zero-order valence-corrected chi connectivity index (χ0v) is 10.7. The normalized spacial score (nSPS) is 12.1. The topological polar surface area (TPSA) is 38.3 Å². The summed E-state index contributed by atoms with van der Waals surface area (Å²) in [6.45, 7) is 3.40. The van der Waals surface area contributed by atoms with Crippen LogP contribution >= 0.6 is 11.6 Å². The highest BCUT2D eigenvalue weighted by atomic mass is 35.5. The number of amides is 1. The molecule has 0 aromatic heterocycles. The van der Waals surface area contributed by atoms with Gasteiger partial charge in [0.05, 0.1) is 13.2 Å². The smallest absolute Gasteiger partial charge is 0.224 e. The van der Waals surface area contributed by atoms with Crippen molar-refractivity contribution >= 4 is 17.5 Å². The van der Waals surface area contributed by atoms with E-state index in [4.69, 9.17) is 16.3 Å². The molecule has 0 aliphatic rings. The zero-order chi connectivity index (χ0) is 12.5. The minimum Gasteiger partial charge on any atom is -0.375 e. The molecule has 1 unspecified atom stereocenters. The van der Waals surface area contributed by atoms with Gasteiger partial charge in [-0.15, -0.1) is 11.6 Å². The summed E-state index contributed by atoms with van der Waals surface area (Å²) in [5, 5.41) is 2.77. The molecule has 0 aliphatic carbocycles. The molecule has 1 atom stereocenters. The first-order valence-corrected chi connectivity index (χ1v) is 6.23. The number of rotatable bonds is 7. The molecule has 1 aromatic rings. The largest absolute Gasteiger partial charge is 0.375 e. The van der Waals surface area contributed by atoms with Crippen molar-refractivity contribution in [3.8, 4) is 0 Å². The van der Waals surface area contributed by atoms with E-state index in [2.05, 4.69) is 5.32 Å². The lowest BCUT2D eigenvalue weighted by atomic mass is 10.2. The Morgan fingerprint density at radius 2 is 2.12 bits per heavy atom. The van der Waals surface area contributed by atoms with Gasteiger partial charge in [-0.2, -0.15) is 0 Å². The zero-order valence-electron chi connectivity index (χ0n) is 9.99. The van der Waals surface area contributed by atoms with E-state index in [0.29, 0.717) is 25.6 Å². The molecule has 0 fully saturated rings.